The molecule has 1 rings (SSSR count). The summed E-state index contributed by atoms with van der Waals surface area (Å²) in [6.45, 7) is 11.4. The second-order valence-electron chi connectivity index (χ2n) is 4.61. The van der Waals surface area contributed by atoms with E-state index < -0.39 is 0 Å². The van der Waals surface area contributed by atoms with Crippen LogP contribution in [0.4, 0.5) is 0 Å². The minimum Gasteiger partial charge on any atom is -0.0819 e. The van der Waals surface area contributed by atoms with Gasteiger partial charge < -0.3 is 0 Å². The molecule has 0 aromatic carbocycles. The van der Waals surface area contributed by atoms with Crippen LogP contribution in [0.2, 0.25) is 0 Å². The summed E-state index contributed by atoms with van der Waals surface area (Å²) in [5.74, 6) is 1.80. The van der Waals surface area contributed by atoms with E-state index in [1.807, 2.05) is 0 Å². The highest BCUT2D eigenvalue weighted by Gasteiger charge is 2.54. The first-order chi connectivity index (χ1) is 5.00. The lowest BCUT2D eigenvalue weighted by Crippen LogP contribution is -1.88. The maximum Gasteiger partial charge on any atom is -0.0143 e. The lowest BCUT2D eigenvalue weighted by Gasteiger charge is -1.97. The van der Waals surface area contributed by atoms with Crippen molar-refractivity contribution in [3.05, 3.63) is 11.6 Å². The van der Waals surface area contributed by atoms with Crippen molar-refractivity contribution in [2.75, 3.05) is 0 Å². The Balaban J connectivity index is 2.59. The molecule has 0 nitrogen and oxygen atoms in total. The van der Waals surface area contributed by atoms with Crippen LogP contribution in [0.3, 0.4) is 0 Å². The number of rotatable bonds is 2. The molecule has 0 heteroatoms. The van der Waals surface area contributed by atoms with Crippen LogP contribution in [0, 0.1) is 17.3 Å². The van der Waals surface area contributed by atoms with E-state index >= 15 is 0 Å². The van der Waals surface area contributed by atoms with Gasteiger partial charge in [0.1, 0.15) is 0 Å². The summed E-state index contributed by atoms with van der Waals surface area (Å²) in [5, 5.41) is 0. The average Bonchev–Trinajstić information content (AvgIpc) is 2.33. The topological polar surface area (TPSA) is 0 Å². The molecule has 64 valence electrons. The predicted octanol–water partition coefficient (Wildman–Crippen LogP) is 3.63. The molecule has 1 aliphatic rings. The maximum absolute atomic E-state index is 2.44. The maximum atomic E-state index is 2.44. The van der Waals surface area contributed by atoms with Crippen molar-refractivity contribution >= 4 is 0 Å². The SMILES string of the molecule is CCC1C(C=C(C)C)C1(C)C. The highest BCUT2D eigenvalue weighted by molar-refractivity contribution is 5.16. The van der Waals surface area contributed by atoms with E-state index in [1.54, 1.807) is 0 Å². The highest BCUT2D eigenvalue weighted by Crippen LogP contribution is 2.60. The molecular weight excluding hydrogens is 132 g/mol. The van der Waals surface area contributed by atoms with Gasteiger partial charge in [-0.05, 0) is 31.1 Å². The predicted molar refractivity (Wildman–Crippen MR) is 50.5 cm³/mol. The van der Waals surface area contributed by atoms with Crippen molar-refractivity contribution < 1.29 is 0 Å². The van der Waals surface area contributed by atoms with Crippen molar-refractivity contribution in [3.63, 3.8) is 0 Å². The molecule has 1 saturated carbocycles. The van der Waals surface area contributed by atoms with Crippen molar-refractivity contribution in [2.45, 2.75) is 41.0 Å². The van der Waals surface area contributed by atoms with Crippen LogP contribution in [0.1, 0.15) is 41.0 Å². The summed E-state index contributed by atoms with van der Waals surface area (Å²) < 4.78 is 0. The smallest absolute Gasteiger partial charge is 0.0143 e. The van der Waals surface area contributed by atoms with Crippen LogP contribution < -0.4 is 0 Å². The lowest BCUT2D eigenvalue weighted by atomic mass is 10.1. The largest absolute Gasteiger partial charge is 0.0819 e. The third-order valence-electron chi connectivity index (χ3n) is 3.09. The van der Waals surface area contributed by atoms with E-state index in [4.69, 9.17) is 0 Å². The van der Waals surface area contributed by atoms with Gasteiger partial charge in [-0.2, -0.15) is 0 Å². The van der Waals surface area contributed by atoms with Crippen molar-refractivity contribution in [2.24, 2.45) is 17.3 Å². The van der Waals surface area contributed by atoms with E-state index in [-0.39, 0.29) is 0 Å². The van der Waals surface area contributed by atoms with Crippen molar-refractivity contribution in [3.8, 4) is 0 Å². The van der Waals surface area contributed by atoms with E-state index in [1.165, 1.54) is 12.0 Å². The van der Waals surface area contributed by atoms with E-state index in [9.17, 15) is 0 Å². The first kappa shape index (κ1) is 8.83. The van der Waals surface area contributed by atoms with E-state index in [0.717, 1.165) is 11.8 Å². The molecule has 1 aliphatic carbocycles. The summed E-state index contributed by atoms with van der Waals surface area (Å²) in [4.78, 5) is 0. The zero-order valence-corrected chi connectivity index (χ0v) is 8.44. The molecular formula is C11H20. The molecule has 0 radical (unpaired) electrons. The van der Waals surface area contributed by atoms with Gasteiger partial charge in [0, 0.05) is 0 Å². The Morgan fingerprint density at radius 3 is 2.18 bits per heavy atom. The zero-order valence-electron chi connectivity index (χ0n) is 8.44. The molecule has 0 bridgehead atoms. The molecule has 11 heavy (non-hydrogen) atoms. The molecule has 2 unspecified atom stereocenters. The first-order valence-corrected chi connectivity index (χ1v) is 4.65. The van der Waals surface area contributed by atoms with Crippen LogP contribution in [-0.4, -0.2) is 0 Å². The first-order valence-electron chi connectivity index (χ1n) is 4.65. The van der Waals surface area contributed by atoms with Crippen LogP contribution in [0.15, 0.2) is 11.6 Å². The molecule has 0 N–H and O–H groups in total. The highest BCUT2D eigenvalue weighted by atomic mass is 14.6. The Morgan fingerprint density at radius 2 is 1.91 bits per heavy atom. The average molecular weight is 152 g/mol. The van der Waals surface area contributed by atoms with E-state index in [2.05, 4.69) is 40.7 Å². The standard InChI is InChI=1S/C11H20/c1-6-9-10(7-8(2)3)11(9,4)5/h7,9-10H,6H2,1-5H3. The van der Waals surface area contributed by atoms with Gasteiger partial charge in [0.2, 0.25) is 0 Å². The summed E-state index contributed by atoms with van der Waals surface area (Å²) >= 11 is 0. The Bertz CT molecular complexity index is 170. The fourth-order valence-corrected chi connectivity index (χ4v) is 2.26. The zero-order chi connectivity index (χ0) is 8.65. The van der Waals surface area contributed by atoms with Crippen molar-refractivity contribution in [1.29, 1.82) is 0 Å². The third kappa shape index (κ3) is 1.50. The molecule has 2 atom stereocenters. The van der Waals surface area contributed by atoms with Crippen LogP contribution in [0.5, 0.6) is 0 Å². The quantitative estimate of drug-likeness (QED) is 0.530. The van der Waals surface area contributed by atoms with Gasteiger partial charge in [-0.25, -0.2) is 0 Å². The third-order valence-corrected chi connectivity index (χ3v) is 3.09. The van der Waals surface area contributed by atoms with Gasteiger partial charge in [-0.1, -0.05) is 38.8 Å². The van der Waals surface area contributed by atoms with Gasteiger partial charge in [0.15, 0.2) is 0 Å². The minimum absolute atomic E-state index is 0.589. The Morgan fingerprint density at radius 1 is 1.36 bits per heavy atom. The van der Waals surface area contributed by atoms with Gasteiger partial charge in [0.05, 0.1) is 0 Å². The fourth-order valence-electron chi connectivity index (χ4n) is 2.26. The summed E-state index contributed by atoms with van der Waals surface area (Å²) in [6, 6.07) is 0. The number of hydrogen-bond acceptors (Lipinski definition) is 0. The molecule has 1 fully saturated rings. The van der Waals surface area contributed by atoms with Crippen LogP contribution in [-0.2, 0) is 0 Å². The Hall–Kier alpha value is -0.260. The second-order valence-corrected chi connectivity index (χ2v) is 4.61. The molecule has 0 aliphatic heterocycles. The molecule has 0 saturated heterocycles. The van der Waals surface area contributed by atoms with Crippen molar-refractivity contribution in [1.82, 2.24) is 0 Å². The second kappa shape index (κ2) is 2.66. The minimum atomic E-state index is 0.589. The number of allylic oxidation sites excluding steroid dienone is 2. The van der Waals surface area contributed by atoms with Gasteiger partial charge in [0.25, 0.3) is 0 Å². The normalized spacial score (nSPS) is 33.2. The molecule has 0 aromatic heterocycles. The summed E-state index contributed by atoms with van der Waals surface area (Å²) in [5.41, 5.74) is 2.06. The number of hydrogen-bond donors (Lipinski definition) is 0. The lowest BCUT2D eigenvalue weighted by molar-refractivity contribution is 0.542. The molecule has 0 amide bonds. The fraction of sp³-hybridized carbons (Fsp3) is 0.818. The summed E-state index contributed by atoms with van der Waals surface area (Å²) in [6.07, 6.45) is 3.77. The van der Waals surface area contributed by atoms with E-state index in [0.29, 0.717) is 5.41 Å². The molecule has 0 spiro atoms. The summed E-state index contributed by atoms with van der Waals surface area (Å²) in [7, 11) is 0. The van der Waals surface area contributed by atoms with Crippen LogP contribution in [0.25, 0.3) is 0 Å². The molecule has 0 aromatic rings. The van der Waals surface area contributed by atoms with Gasteiger partial charge >= 0.3 is 0 Å². The Labute approximate surface area is 70.7 Å². The van der Waals surface area contributed by atoms with Gasteiger partial charge in [-0.3, -0.25) is 0 Å². The Kier molecular flexibility index (Phi) is 2.13. The van der Waals surface area contributed by atoms with Gasteiger partial charge in [-0.15, -0.1) is 0 Å². The monoisotopic (exact) mass is 152 g/mol. The van der Waals surface area contributed by atoms with Crippen LogP contribution >= 0.6 is 0 Å². The molecule has 0 heterocycles.